The van der Waals surface area contributed by atoms with Crippen LogP contribution in [0.5, 0.6) is 0 Å². The van der Waals surface area contributed by atoms with Crippen molar-refractivity contribution in [2.75, 3.05) is 20.6 Å². The average molecular weight is 158 g/mol. The number of hydrazine groups is 1. The normalized spacial score (nSPS) is 13.9. The summed E-state index contributed by atoms with van der Waals surface area (Å²) in [4.78, 5) is 0. The molecule has 0 aromatic heterocycles. The van der Waals surface area contributed by atoms with Crippen molar-refractivity contribution < 1.29 is 0 Å². The lowest BCUT2D eigenvalue weighted by Gasteiger charge is -2.17. The molecule has 68 valence electrons. The van der Waals surface area contributed by atoms with Crippen LogP contribution < -0.4 is 5.43 Å². The number of hydrogen-bond acceptors (Lipinski definition) is 2. The zero-order valence-electron chi connectivity index (χ0n) is 8.35. The van der Waals surface area contributed by atoms with Crippen LogP contribution in [-0.4, -0.2) is 25.6 Å². The van der Waals surface area contributed by atoms with Gasteiger partial charge in [-0.3, -0.25) is 5.43 Å². The predicted octanol–water partition coefficient (Wildman–Crippen LogP) is 1.88. The molecule has 0 rings (SSSR count). The molecule has 0 aromatic carbocycles. The summed E-state index contributed by atoms with van der Waals surface area (Å²) in [6, 6.07) is 0. The largest absolute Gasteiger partial charge is 0.259 e. The Labute approximate surface area is 70.9 Å². The van der Waals surface area contributed by atoms with Gasteiger partial charge in [0.15, 0.2) is 0 Å². The molecule has 1 unspecified atom stereocenters. The van der Waals surface area contributed by atoms with E-state index >= 15 is 0 Å². The van der Waals surface area contributed by atoms with E-state index in [4.69, 9.17) is 0 Å². The van der Waals surface area contributed by atoms with Crippen molar-refractivity contribution in [3.63, 3.8) is 0 Å². The van der Waals surface area contributed by atoms with Crippen molar-refractivity contribution in [2.24, 2.45) is 5.92 Å². The predicted molar refractivity (Wildman–Crippen MR) is 50.4 cm³/mol. The van der Waals surface area contributed by atoms with Crippen molar-refractivity contribution in [3.05, 3.63) is 0 Å². The Morgan fingerprint density at radius 1 is 1.36 bits per heavy atom. The Bertz CT molecular complexity index is 83.6. The highest BCUT2D eigenvalue weighted by Gasteiger charge is 2.01. The van der Waals surface area contributed by atoms with Crippen molar-refractivity contribution >= 4 is 0 Å². The first-order chi connectivity index (χ1) is 5.20. The Morgan fingerprint density at radius 3 is 2.45 bits per heavy atom. The first-order valence-electron chi connectivity index (χ1n) is 4.59. The molecule has 0 aromatic rings. The quantitative estimate of drug-likeness (QED) is 0.594. The van der Waals surface area contributed by atoms with Crippen LogP contribution in [-0.2, 0) is 0 Å². The molecule has 0 saturated heterocycles. The summed E-state index contributed by atoms with van der Waals surface area (Å²) in [5.74, 6) is 0.871. The van der Waals surface area contributed by atoms with Crippen LogP contribution in [0, 0.1) is 5.92 Å². The zero-order chi connectivity index (χ0) is 8.69. The monoisotopic (exact) mass is 158 g/mol. The molecule has 0 amide bonds. The van der Waals surface area contributed by atoms with Crippen molar-refractivity contribution in [3.8, 4) is 0 Å². The number of nitrogens with zero attached hydrogens (tertiary/aromatic N) is 1. The molecule has 1 N–H and O–H groups in total. The van der Waals surface area contributed by atoms with Crippen LogP contribution >= 0.6 is 0 Å². The lowest BCUT2D eigenvalue weighted by Crippen LogP contribution is -2.32. The maximum atomic E-state index is 3.10. The molecule has 0 bridgehead atoms. The van der Waals surface area contributed by atoms with Crippen molar-refractivity contribution in [1.29, 1.82) is 0 Å². The fourth-order valence-electron chi connectivity index (χ4n) is 1.16. The molecule has 0 aliphatic rings. The minimum Gasteiger partial charge on any atom is -0.259 e. The van der Waals surface area contributed by atoms with Crippen LogP contribution in [0.4, 0.5) is 0 Å². The minimum absolute atomic E-state index is 0.871. The summed E-state index contributed by atoms with van der Waals surface area (Å²) in [6.45, 7) is 5.73. The Kier molecular flexibility index (Phi) is 6.57. The van der Waals surface area contributed by atoms with Gasteiger partial charge >= 0.3 is 0 Å². The molecule has 0 spiro atoms. The molecule has 2 heteroatoms. The van der Waals surface area contributed by atoms with E-state index in [0.29, 0.717) is 0 Å². The highest BCUT2D eigenvalue weighted by Crippen LogP contribution is 2.09. The standard InChI is InChI=1S/C9H22N2/c1-5-6-9(2)7-8-11(4)10-3/h9-10H,5-8H2,1-4H3. The first kappa shape index (κ1) is 10.9. The second-order valence-electron chi connectivity index (χ2n) is 3.33. The lowest BCUT2D eigenvalue weighted by molar-refractivity contribution is 0.239. The van der Waals surface area contributed by atoms with E-state index in [1.165, 1.54) is 19.3 Å². The van der Waals surface area contributed by atoms with Crippen LogP contribution in [0.3, 0.4) is 0 Å². The SMILES string of the molecule is CCCC(C)CCN(C)NC. The lowest BCUT2D eigenvalue weighted by atomic mass is 10.0. The molecule has 1 atom stereocenters. The molecule has 0 radical (unpaired) electrons. The molecule has 0 fully saturated rings. The third-order valence-corrected chi connectivity index (χ3v) is 2.12. The van der Waals surface area contributed by atoms with E-state index in [9.17, 15) is 0 Å². The second-order valence-corrected chi connectivity index (χ2v) is 3.33. The fourth-order valence-corrected chi connectivity index (χ4v) is 1.16. The summed E-state index contributed by atoms with van der Waals surface area (Å²) in [5.41, 5.74) is 3.10. The molecule has 11 heavy (non-hydrogen) atoms. The number of nitrogens with one attached hydrogen (secondary N) is 1. The summed E-state index contributed by atoms with van der Waals surface area (Å²) in [5, 5.41) is 2.13. The van der Waals surface area contributed by atoms with Crippen molar-refractivity contribution in [1.82, 2.24) is 10.4 Å². The highest BCUT2D eigenvalue weighted by atomic mass is 15.5. The maximum Gasteiger partial charge on any atom is 0.0130 e. The summed E-state index contributed by atoms with van der Waals surface area (Å²) < 4.78 is 0. The third-order valence-electron chi connectivity index (χ3n) is 2.12. The Hall–Kier alpha value is -0.0800. The molecule has 0 saturated carbocycles. The van der Waals surface area contributed by atoms with E-state index < -0.39 is 0 Å². The maximum absolute atomic E-state index is 3.10. The number of hydrogen-bond donors (Lipinski definition) is 1. The van der Waals surface area contributed by atoms with Crippen LogP contribution in [0.15, 0.2) is 0 Å². The van der Waals surface area contributed by atoms with Gasteiger partial charge in [0.1, 0.15) is 0 Å². The van der Waals surface area contributed by atoms with Gasteiger partial charge in [-0.2, -0.15) is 0 Å². The summed E-state index contributed by atoms with van der Waals surface area (Å²) >= 11 is 0. The fraction of sp³-hybridized carbons (Fsp3) is 1.00. The molecule has 2 nitrogen and oxygen atoms in total. The first-order valence-corrected chi connectivity index (χ1v) is 4.59. The molecular formula is C9H22N2. The molecule has 0 heterocycles. The van der Waals surface area contributed by atoms with Crippen LogP contribution in [0.25, 0.3) is 0 Å². The third kappa shape index (κ3) is 6.32. The van der Waals surface area contributed by atoms with Gasteiger partial charge in [-0.05, 0) is 19.4 Å². The van der Waals surface area contributed by atoms with E-state index in [2.05, 4.69) is 31.3 Å². The molecule has 0 aliphatic heterocycles. The van der Waals surface area contributed by atoms with Gasteiger partial charge in [0, 0.05) is 13.6 Å². The van der Waals surface area contributed by atoms with Gasteiger partial charge in [-0.25, -0.2) is 5.01 Å². The van der Waals surface area contributed by atoms with E-state index in [-0.39, 0.29) is 0 Å². The highest BCUT2D eigenvalue weighted by molar-refractivity contribution is 4.53. The van der Waals surface area contributed by atoms with Gasteiger partial charge in [0.25, 0.3) is 0 Å². The molecule has 0 aliphatic carbocycles. The summed E-state index contributed by atoms with van der Waals surface area (Å²) in [6.07, 6.45) is 3.97. The van der Waals surface area contributed by atoms with Crippen LogP contribution in [0.2, 0.25) is 0 Å². The molecular weight excluding hydrogens is 136 g/mol. The van der Waals surface area contributed by atoms with Crippen LogP contribution in [0.1, 0.15) is 33.1 Å². The second kappa shape index (κ2) is 6.62. The van der Waals surface area contributed by atoms with Gasteiger partial charge in [-0.15, -0.1) is 0 Å². The minimum atomic E-state index is 0.871. The number of rotatable bonds is 6. The van der Waals surface area contributed by atoms with Crippen molar-refractivity contribution in [2.45, 2.75) is 33.1 Å². The van der Waals surface area contributed by atoms with E-state index in [1.807, 2.05) is 7.05 Å². The van der Waals surface area contributed by atoms with Gasteiger partial charge in [0.05, 0.1) is 0 Å². The Morgan fingerprint density at radius 2 is 2.00 bits per heavy atom. The van der Waals surface area contributed by atoms with Gasteiger partial charge in [-0.1, -0.05) is 26.7 Å². The van der Waals surface area contributed by atoms with Gasteiger partial charge < -0.3 is 0 Å². The zero-order valence-corrected chi connectivity index (χ0v) is 8.35. The topological polar surface area (TPSA) is 15.3 Å². The Balaban J connectivity index is 3.22. The average Bonchev–Trinajstić information content (AvgIpc) is 2.01. The summed E-state index contributed by atoms with van der Waals surface area (Å²) in [7, 11) is 4.04. The van der Waals surface area contributed by atoms with E-state index in [1.54, 1.807) is 0 Å². The van der Waals surface area contributed by atoms with Gasteiger partial charge in [0.2, 0.25) is 0 Å². The smallest absolute Gasteiger partial charge is 0.0130 e. The van der Waals surface area contributed by atoms with E-state index in [0.717, 1.165) is 12.5 Å².